The summed E-state index contributed by atoms with van der Waals surface area (Å²) in [5.74, 6) is -0.872. The van der Waals surface area contributed by atoms with E-state index in [1.54, 1.807) is 42.5 Å². The second-order valence-corrected chi connectivity index (χ2v) is 6.62. The van der Waals surface area contributed by atoms with E-state index in [4.69, 9.17) is 9.47 Å². The summed E-state index contributed by atoms with van der Waals surface area (Å²) in [7, 11) is 1.47. The third kappa shape index (κ3) is 5.34. The van der Waals surface area contributed by atoms with Gasteiger partial charge >= 0.3 is 5.97 Å². The minimum Gasteiger partial charge on any atom is -0.496 e. The third-order valence-electron chi connectivity index (χ3n) is 3.82. The lowest BCUT2D eigenvalue weighted by Crippen LogP contribution is -2.30. The van der Waals surface area contributed by atoms with E-state index in [1.807, 2.05) is 6.26 Å². The van der Waals surface area contributed by atoms with Crippen molar-refractivity contribution < 1.29 is 23.9 Å². The summed E-state index contributed by atoms with van der Waals surface area (Å²) in [4.78, 5) is 37.1. The topological polar surface area (TPSA) is 81.7 Å². The Balaban J connectivity index is 2.07. The van der Waals surface area contributed by atoms with Crippen LogP contribution in [0.15, 0.2) is 47.4 Å². The Labute approximate surface area is 162 Å². The SMILES string of the molecule is COc1cc(SC)ccc1C(=O)O[C@@H](C)C(=O)Nc1cccc(C(C)=O)c1. The van der Waals surface area contributed by atoms with Gasteiger partial charge in [0.2, 0.25) is 0 Å². The maximum absolute atomic E-state index is 12.4. The number of thioether (sulfide) groups is 1. The van der Waals surface area contributed by atoms with Gasteiger partial charge in [-0.05, 0) is 50.4 Å². The van der Waals surface area contributed by atoms with Crippen LogP contribution in [0.2, 0.25) is 0 Å². The molecule has 1 N–H and O–H groups in total. The molecule has 0 radical (unpaired) electrons. The predicted molar refractivity (Wildman–Crippen MR) is 105 cm³/mol. The number of esters is 1. The molecule has 0 unspecified atom stereocenters. The minimum atomic E-state index is -1.02. The van der Waals surface area contributed by atoms with Crippen LogP contribution >= 0.6 is 11.8 Å². The van der Waals surface area contributed by atoms with Crippen LogP contribution in [0.25, 0.3) is 0 Å². The van der Waals surface area contributed by atoms with E-state index in [-0.39, 0.29) is 11.3 Å². The van der Waals surface area contributed by atoms with Crippen molar-refractivity contribution >= 4 is 35.1 Å². The molecule has 6 nitrogen and oxygen atoms in total. The summed E-state index contributed by atoms with van der Waals surface area (Å²) in [6.07, 6.45) is 0.892. The first-order valence-corrected chi connectivity index (χ1v) is 9.43. The summed E-state index contributed by atoms with van der Waals surface area (Å²) in [5, 5.41) is 2.64. The van der Waals surface area contributed by atoms with E-state index in [2.05, 4.69) is 5.32 Å². The number of carbonyl (C=O) groups excluding carboxylic acids is 3. The molecule has 2 aromatic carbocycles. The number of Topliss-reactive ketones (excluding diaryl/α,β-unsaturated/α-hetero) is 1. The van der Waals surface area contributed by atoms with Crippen molar-refractivity contribution in [3.63, 3.8) is 0 Å². The van der Waals surface area contributed by atoms with E-state index >= 15 is 0 Å². The fraction of sp³-hybridized carbons (Fsp3) is 0.250. The molecule has 0 aliphatic carbocycles. The average molecular weight is 387 g/mol. The lowest BCUT2D eigenvalue weighted by molar-refractivity contribution is -0.123. The maximum Gasteiger partial charge on any atom is 0.342 e. The van der Waals surface area contributed by atoms with Crippen LogP contribution in [0, 0.1) is 0 Å². The van der Waals surface area contributed by atoms with Gasteiger partial charge in [0, 0.05) is 16.1 Å². The number of ether oxygens (including phenoxy) is 2. The average Bonchev–Trinajstić information content (AvgIpc) is 2.67. The minimum absolute atomic E-state index is 0.105. The molecule has 0 bridgehead atoms. The largest absolute Gasteiger partial charge is 0.496 e. The summed E-state index contributed by atoms with van der Waals surface area (Å²) in [6.45, 7) is 2.92. The summed E-state index contributed by atoms with van der Waals surface area (Å²) in [6, 6.07) is 11.7. The first-order chi connectivity index (χ1) is 12.8. The summed E-state index contributed by atoms with van der Waals surface area (Å²) in [5.41, 5.74) is 1.18. The van der Waals surface area contributed by atoms with Crippen molar-refractivity contribution in [2.75, 3.05) is 18.7 Å². The van der Waals surface area contributed by atoms with E-state index < -0.39 is 18.0 Å². The number of amides is 1. The standard InChI is InChI=1S/C20H21NO5S/c1-12(22)14-6-5-7-15(10-14)21-19(23)13(2)26-20(24)17-9-8-16(27-4)11-18(17)25-3/h5-11,13H,1-4H3,(H,21,23)/t13-/m0/s1. The number of hydrogen-bond donors (Lipinski definition) is 1. The van der Waals surface area contributed by atoms with E-state index in [1.165, 1.54) is 32.7 Å². The molecule has 0 aliphatic rings. The Kier molecular flexibility index (Phi) is 7.01. The molecule has 0 heterocycles. The van der Waals surface area contributed by atoms with Gasteiger partial charge in [0.25, 0.3) is 5.91 Å². The molecule has 2 rings (SSSR count). The molecule has 1 atom stereocenters. The van der Waals surface area contributed by atoms with E-state index in [9.17, 15) is 14.4 Å². The third-order valence-corrected chi connectivity index (χ3v) is 4.54. The van der Waals surface area contributed by atoms with Crippen LogP contribution in [0.4, 0.5) is 5.69 Å². The van der Waals surface area contributed by atoms with E-state index in [0.717, 1.165) is 4.90 Å². The monoisotopic (exact) mass is 387 g/mol. The van der Waals surface area contributed by atoms with E-state index in [0.29, 0.717) is 17.0 Å². The highest BCUT2D eigenvalue weighted by molar-refractivity contribution is 7.98. The van der Waals surface area contributed by atoms with Gasteiger partial charge in [-0.3, -0.25) is 9.59 Å². The number of anilines is 1. The number of nitrogens with one attached hydrogen (secondary N) is 1. The van der Waals surface area contributed by atoms with Crippen LogP contribution in [0.5, 0.6) is 5.75 Å². The molecule has 2 aromatic rings. The van der Waals surface area contributed by atoms with Crippen LogP contribution in [0.3, 0.4) is 0 Å². The Morgan fingerprint density at radius 1 is 1.11 bits per heavy atom. The van der Waals surface area contributed by atoms with Gasteiger partial charge in [-0.1, -0.05) is 12.1 Å². The highest BCUT2D eigenvalue weighted by Crippen LogP contribution is 2.26. The molecule has 0 aromatic heterocycles. The molecular weight excluding hydrogens is 366 g/mol. The Hall–Kier alpha value is -2.80. The van der Waals surface area contributed by atoms with Gasteiger partial charge in [-0.25, -0.2) is 4.79 Å². The lowest BCUT2D eigenvalue weighted by Gasteiger charge is -2.15. The van der Waals surface area contributed by atoms with Gasteiger partial charge in [0.15, 0.2) is 11.9 Å². The van der Waals surface area contributed by atoms with Gasteiger partial charge in [0.05, 0.1) is 7.11 Å². The van der Waals surface area contributed by atoms with Gasteiger partial charge in [0.1, 0.15) is 11.3 Å². The summed E-state index contributed by atoms with van der Waals surface area (Å²) >= 11 is 1.52. The van der Waals surface area contributed by atoms with Crippen molar-refractivity contribution in [1.82, 2.24) is 0 Å². The molecule has 0 aliphatic heterocycles. The van der Waals surface area contributed by atoms with Gasteiger partial charge < -0.3 is 14.8 Å². The maximum atomic E-state index is 12.4. The normalized spacial score (nSPS) is 11.4. The van der Waals surface area contributed by atoms with Crippen molar-refractivity contribution in [2.24, 2.45) is 0 Å². The van der Waals surface area contributed by atoms with Gasteiger partial charge in [-0.2, -0.15) is 0 Å². The number of hydrogen-bond acceptors (Lipinski definition) is 6. The molecule has 0 saturated heterocycles. The Bertz CT molecular complexity index is 865. The first kappa shape index (κ1) is 20.5. The van der Waals surface area contributed by atoms with Crippen LogP contribution in [-0.2, 0) is 9.53 Å². The van der Waals surface area contributed by atoms with Crippen molar-refractivity contribution in [2.45, 2.75) is 24.8 Å². The molecule has 142 valence electrons. The van der Waals surface area contributed by atoms with Crippen LogP contribution < -0.4 is 10.1 Å². The molecule has 0 spiro atoms. The number of benzene rings is 2. The fourth-order valence-electron chi connectivity index (χ4n) is 2.30. The lowest BCUT2D eigenvalue weighted by atomic mass is 10.1. The quantitative estimate of drug-likeness (QED) is 0.442. The van der Waals surface area contributed by atoms with Crippen molar-refractivity contribution in [1.29, 1.82) is 0 Å². The van der Waals surface area contributed by atoms with Crippen molar-refractivity contribution in [3.05, 3.63) is 53.6 Å². The molecule has 27 heavy (non-hydrogen) atoms. The molecule has 0 fully saturated rings. The zero-order valence-corrected chi connectivity index (χ0v) is 16.4. The van der Waals surface area contributed by atoms with Crippen molar-refractivity contribution in [3.8, 4) is 5.75 Å². The molecular formula is C20H21NO5S. The number of rotatable bonds is 7. The predicted octanol–water partition coefficient (Wildman–Crippen LogP) is 3.80. The Morgan fingerprint density at radius 3 is 2.48 bits per heavy atom. The second kappa shape index (κ2) is 9.23. The number of ketones is 1. The Morgan fingerprint density at radius 2 is 1.85 bits per heavy atom. The van der Waals surface area contributed by atoms with Gasteiger partial charge in [-0.15, -0.1) is 11.8 Å². The zero-order chi connectivity index (χ0) is 20.0. The molecule has 0 saturated carbocycles. The zero-order valence-electron chi connectivity index (χ0n) is 15.6. The van der Waals surface area contributed by atoms with Crippen LogP contribution in [-0.4, -0.2) is 37.1 Å². The molecule has 1 amide bonds. The highest BCUT2D eigenvalue weighted by atomic mass is 32.2. The molecule has 7 heteroatoms. The number of methoxy groups -OCH3 is 1. The summed E-state index contributed by atoms with van der Waals surface area (Å²) < 4.78 is 10.5. The smallest absolute Gasteiger partial charge is 0.342 e. The van der Waals surface area contributed by atoms with Crippen LogP contribution in [0.1, 0.15) is 34.6 Å². The second-order valence-electron chi connectivity index (χ2n) is 5.74. The number of carbonyl (C=O) groups is 3. The highest BCUT2D eigenvalue weighted by Gasteiger charge is 2.22. The fourth-order valence-corrected chi connectivity index (χ4v) is 2.73. The first-order valence-electron chi connectivity index (χ1n) is 8.20.